The average molecular weight is 286 g/mol. The van der Waals surface area contributed by atoms with Gasteiger partial charge in [0.15, 0.2) is 0 Å². The molecule has 1 aromatic rings. The first-order valence-corrected chi connectivity index (χ1v) is 8.24. The molecule has 1 atom stereocenters. The maximum absolute atomic E-state index is 12.0. The number of nitrogens with zero attached hydrogens (tertiary/aromatic N) is 2. The molecule has 1 unspecified atom stereocenters. The van der Waals surface area contributed by atoms with Crippen LogP contribution >= 0.6 is 0 Å². The van der Waals surface area contributed by atoms with Crippen LogP contribution in [0.1, 0.15) is 29.8 Å². The zero-order chi connectivity index (χ0) is 14.0. The van der Waals surface area contributed by atoms with Gasteiger partial charge in [0.1, 0.15) is 0 Å². The predicted molar refractivity (Wildman–Crippen MR) is 74.3 cm³/mol. The summed E-state index contributed by atoms with van der Waals surface area (Å²) in [6, 6.07) is 0.0913. The van der Waals surface area contributed by atoms with E-state index in [4.69, 9.17) is 0 Å². The lowest BCUT2D eigenvalue weighted by atomic mass is 10.2. The van der Waals surface area contributed by atoms with Gasteiger partial charge >= 0.3 is 0 Å². The van der Waals surface area contributed by atoms with E-state index in [0.717, 1.165) is 36.3 Å². The standard InChI is InChI=1S/C12H22N4O2S/c1-9-12(10(2)16(3)15-9)7-14-19(17,18)8-11-5-4-6-13-11/h11,13-14H,4-8H2,1-3H3. The number of aromatic nitrogens is 2. The predicted octanol–water partition coefficient (Wildman–Crippen LogP) is 0.208. The number of aryl methyl sites for hydroxylation is 2. The highest BCUT2D eigenvalue weighted by Gasteiger charge is 2.22. The van der Waals surface area contributed by atoms with Gasteiger partial charge in [0, 0.05) is 30.9 Å². The number of rotatable bonds is 5. The molecule has 0 amide bonds. The summed E-state index contributed by atoms with van der Waals surface area (Å²) >= 11 is 0. The van der Waals surface area contributed by atoms with E-state index in [-0.39, 0.29) is 11.8 Å². The van der Waals surface area contributed by atoms with E-state index in [2.05, 4.69) is 15.1 Å². The number of hydrogen-bond acceptors (Lipinski definition) is 4. The molecule has 1 fully saturated rings. The summed E-state index contributed by atoms with van der Waals surface area (Å²) in [5.74, 6) is 0.158. The zero-order valence-electron chi connectivity index (χ0n) is 11.7. The third-order valence-corrected chi connectivity index (χ3v) is 5.14. The van der Waals surface area contributed by atoms with Crippen molar-refractivity contribution in [2.75, 3.05) is 12.3 Å². The summed E-state index contributed by atoms with van der Waals surface area (Å²) in [5.41, 5.74) is 2.84. The molecular weight excluding hydrogens is 264 g/mol. The lowest BCUT2D eigenvalue weighted by Gasteiger charge is -2.12. The van der Waals surface area contributed by atoms with Gasteiger partial charge in [0.25, 0.3) is 0 Å². The molecule has 108 valence electrons. The van der Waals surface area contributed by atoms with Crippen molar-refractivity contribution >= 4 is 10.0 Å². The van der Waals surface area contributed by atoms with Crippen molar-refractivity contribution in [3.8, 4) is 0 Å². The molecule has 0 saturated carbocycles. The minimum atomic E-state index is -3.24. The van der Waals surface area contributed by atoms with Crippen molar-refractivity contribution < 1.29 is 8.42 Å². The van der Waals surface area contributed by atoms with Gasteiger partial charge in [-0.2, -0.15) is 5.10 Å². The molecule has 0 spiro atoms. The first-order chi connectivity index (χ1) is 8.89. The van der Waals surface area contributed by atoms with E-state index in [0.29, 0.717) is 6.54 Å². The van der Waals surface area contributed by atoms with E-state index < -0.39 is 10.0 Å². The zero-order valence-corrected chi connectivity index (χ0v) is 12.5. The van der Waals surface area contributed by atoms with Crippen molar-refractivity contribution in [2.24, 2.45) is 7.05 Å². The van der Waals surface area contributed by atoms with Crippen molar-refractivity contribution in [3.63, 3.8) is 0 Å². The SMILES string of the molecule is Cc1nn(C)c(C)c1CNS(=O)(=O)CC1CCCN1. The molecule has 0 radical (unpaired) electrons. The van der Waals surface area contributed by atoms with E-state index in [1.807, 2.05) is 20.9 Å². The quantitative estimate of drug-likeness (QED) is 0.811. The molecule has 2 N–H and O–H groups in total. The van der Waals surface area contributed by atoms with Crippen molar-refractivity contribution in [2.45, 2.75) is 39.3 Å². The normalized spacial score (nSPS) is 20.1. The highest BCUT2D eigenvalue weighted by atomic mass is 32.2. The van der Waals surface area contributed by atoms with Gasteiger partial charge in [-0.25, -0.2) is 13.1 Å². The van der Waals surface area contributed by atoms with Crippen LogP contribution in [0.4, 0.5) is 0 Å². The van der Waals surface area contributed by atoms with Gasteiger partial charge in [-0.05, 0) is 33.2 Å². The van der Waals surface area contributed by atoms with Crippen LogP contribution in [0.15, 0.2) is 0 Å². The number of sulfonamides is 1. The lowest BCUT2D eigenvalue weighted by molar-refractivity contribution is 0.563. The molecule has 1 aliphatic heterocycles. The van der Waals surface area contributed by atoms with Crippen LogP contribution in [0.3, 0.4) is 0 Å². The Morgan fingerprint density at radius 1 is 1.47 bits per heavy atom. The van der Waals surface area contributed by atoms with E-state index in [1.54, 1.807) is 4.68 Å². The van der Waals surface area contributed by atoms with Crippen LogP contribution in [-0.4, -0.2) is 36.5 Å². The maximum Gasteiger partial charge on any atom is 0.213 e. The Morgan fingerprint density at radius 2 is 2.21 bits per heavy atom. The Kier molecular flexibility index (Phi) is 4.27. The second-order valence-corrected chi connectivity index (χ2v) is 7.02. The van der Waals surface area contributed by atoms with Crippen LogP contribution in [0, 0.1) is 13.8 Å². The van der Waals surface area contributed by atoms with Gasteiger partial charge in [0.2, 0.25) is 10.0 Å². The molecule has 2 heterocycles. The molecule has 19 heavy (non-hydrogen) atoms. The largest absolute Gasteiger partial charge is 0.313 e. The summed E-state index contributed by atoms with van der Waals surface area (Å²) in [5, 5.41) is 7.49. The highest BCUT2D eigenvalue weighted by Crippen LogP contribution is 2.12. The lowest BCUT2D eigenvalue weighted by Crippen LogP contribution is -2.36. The van der Waals surface area contributed by atoms with Crippen LogP contribution in [-0.2, 0) is 23.6 Å². The summed E-state index contributed by atoms with van der Waals surface area (Å²) in [6.45, 7) is 5.08. The van der Waals surface area contributed by atoms with E-state index in [9.17, 15) is 8.42 Å². The fourth-order valence-corrected chi connectivity index (χ4v) is 3.77. The van der Waals surface area contributed by atoms with Crippen LogP contribution in [0.25, 0.3) is 0 Å². The van der Waals surface area contributed by atoms with Gasteiger partial charge in [-0.3, -0.25) is 4.68 Å². The first kappa shape index (κ1) is 14.5. The Hall–Kier alpha value is -0.920. The smallest absolute Gasteiger partial charge is 0.213 e. The van der Waals surface area contributed by atoms with Crippen LogP contribution < -0.4 is 10.0 Å². The second kappa shape index (κ2) is 5.60. The van der Waals surface area contributed by atoms with Crippen molar-refractivity contribution in [1.82, 2.24) is 19.8 Å². The third-order valence-electron chi connectivity index (χ3n) is 3.71. The molecule has 6 nitrogen and oxygen atoms in total. The fraction of sp³-hybridized carbons (Fsp3) is 0.750. The molecule has 0 aliphatic carbocycles. The minimum absolute atomic E-state index is 0.0913. The maximum atomic E-state index is 12.0. The molecule has 1 aliphatic rings. The molecule has 1 aromatic heterocycles. The molecular formula is C12H22N4O2S. The summed E-state index contributed by atoms with van der Waals surface area (Å²) < 4.78 is 28.5. The fourth-order valence-electron chi connectivity index (χ4n) is 2.48. The summed E-state index contributed by atoms with van der Waals surface area (Å²) in [4.78, 5) is 0. The van der Waals surface area contributed by atoms with Crippen LogP contribution in [0.2, 0.25) is 0 Å². The Labute approximate surface area is 114 Å². The highest BCUT2D eigenvalue weighted by molar-refractivity contribution is 7.89. The second-order valence-electron chi connectivity index (χ2n) is 5.17. The van der Waals surface area contributed by atoms with E-state index >= 15 is 0 Å². The molecule has 1 saturated heterocycles. The first-order valence-electron chi connectivity index (χ1n) is 6.59. The Morgan fingerprint density at radius 3 is 2.74 bits per heavy atom. The number of nitrogens with one attached hydrogen (secondary N) is 2. The minimum Gasteiger partial charge on any atom is -0.313 e. The Bertz CT molecular complexity index is 544. The van der Waals surface area contributed by atoms with E-state index in [1.165, 1.54) is 0 Å². The summed E-state index contributed by atoms with van der Waals surface area (Å²) in [6.07, 6.45) is 1.99. The number of hydrogen-bond donors (Lipinski definition) is 2. The summed E-state index contributed by atoms with van der Waals surface area (Å²) in [7, 11) is -1.37. The Balaban J connectivity index is 1.97. The topological polar surface area (TPSA) is 76.0 Å². The molecule has 7 heteroatoms. The molecule has 0 aromatic carbocycles. The van der Waals surface area contributed by atoms with Crippen LogP contribution in [0.5, 0.6) is 0 Å². The molecule has 0 bridgehead atoms. The van der Waals surface area contributed by atoms with Crippen molar-refractivity contribution in [3.05, 3.63) is 17.0 Å². The van der Waals surface area contributed by atoms with Gasteiger partial charge < -0.3 is 5.32 Å². The molecule has 2 rings (SSSR count). The van der Waals surface area contributed by atoms with Gasteiger partial charge in [-0.1, -0.05) is 0 Å². The third kappa shape index (κ3) is 3.55. The average Bonchev–Trinajstić information content (AvgIpc) is 2.87. The van der Waals surface area contributed by atoms with Crippen molar-refractivity contribution in [1.29, 1.82) is 0 Å². The van der Waals surface area contributed by atoms with Gasteiger partial charge in [0.05, 0.1) is 11.4 Å². The monoisotopic (exact) mass is 286 g/mol. The van der Waals surface area contributed by atoms with Gasteiger partial charge in [-0.15, -0.1) is 0 Å².